The van der Waals surface area contributed by atoms with E-state index in [0.717, 1.165) is 8.26 Å². The van der Waals surface area contributed by atoms with Crippen LogP contribution in [-0.4, -0.2) is 12.1 Å². The van der Waals surface area contributed by atoms with Gasteiger partial charge in [-0.2, -0.15) is 0 Å². The average Bonchev–Trinajstić information content (AvgIpc) is 2.70. The van der Waals surface area contributed by atoms with E-state index in [9.17, 15) is 18.0 Å². The summed E-state index contributed by atoms with van der Waals surface area (Å²) in [5, 5.41) is 0. The maximum atomic E-state index is 12.1. The maximum absolute atomic E-state index is 12.1. The van der Waals surface area contributed by atoms with E-state index < -0.39 is 6.36 Å². The Morgan fingerprint density at radius 1 is 1.19 bits per heavy atom. The molecule has 21 heavy (non-hydrogen) atoms. The standard InChI is InChI=1S/C13H7Br2F3O2S/c14-9-6-11(21-12(9)15)10(19)5-7-1-3-8(4-2-7)20-13(16,17)18/h1-4,6H,5H2. The predicted molar refractivity (Wildman–Crippen MR) is 80.9 cm³/mol. The zero-order valence-electron chi connectivity index (χ0n) is 10.2. The quantitative estimate of drug-likeness (QED) is 0.575. The summed E-state index contributed by atoms with van der Waals surface area (Å²) in [6.07, 6.45) is -4.60. The van der Waals surface area contributed by atoms with Crippen molar-refractivity contribution in [2.45, 2.75) is 12.8 Å². The number of benzene rings is 1. The molecule has 0 fully saturated rings. The number of alkyl halides is 3. The summed E-state index contributed by atoms with van der Waals surface area (Å²) < 4.78 is 41.5. The molecule has 1 aromatic heterocycles. The minimum absolute atomic E-state index is 0.101. The summed E-state index contributed by atoms with van der Waals surface area (Å²) in [7, 11) is 0. The van der Waals surface area contributed by atoms with Gasteiger partial charge in [-0.15, -0.1) is 24.5 Å². The van der Waals surface area contributed by atoms with E-state index in [1.165, 1.54) is 35.6 Å². The summed E-state index contributed by atoms with van der Waals surface area (Å²) in [5.41, 5.74) is 0.621. The molecule has 0 spiro atoms. The van der Waals surface area contributed by atoms with Gasteiger partial charge in [-0.05, 0) is 55.6 Å². The Labute approximate surface area is 139 Å². The number of ketones is 1. The first kappa shape index (κ1) is 16.5. The number of ether oxygens (including phenoxy) is 1. The molecule has 1 aromatic carbocycles. The lowest BCUT2D eigenvalue weighted by atomic mass is 10.1. The van der Waals surface area contributed by atoms with Gasteiger partial charge in [-0.3, -0.25) is 4.79 Å². The Hall–Kier alpha value is -0.860. The molecule has 2 rings (SSSR count). The predicted octanol–water partition coefficient (Wildman–Crippen LogP) is 5.60. The Morgan fingerprint density at radius 3 is 2.29 bits per heavy atom. The lowest BCUT2D eigenvalue weighted by molar-refractivity contribution is -0.274. The highest BCUT2D eigenvalue weighted by molar-refractivity contribution is 9.13. The molecule has 0 bridgehead atoms. The Morgan fingerprint density at radius 2 is 1.81 bits per heavy atom. The van der Waals surface area contributed by atoms with E-state index >= 15 is 0 Å². The number of rotatable bonds is 4. The van der Waals surface area contributed by atoms with E-state index in [1.807, 2.05) is 0 Å². The van der Waals surface area contributed by atoms with Gasteiger partial charge in [-0.1, -0.05) is 12.1 Å². The molecule has 2 aromatic rings. The third-order valence-electron chi connectivity index (χ3n) is 2.44. The molecule has 0 aliphatic carbocycles. The molecular formula is C13H7Br2F3O2S. The van der Waals surface area contributed by atoms with E-state index in [1.54, 1.807) is 6.07 Å². The Bertz CT molecular complexity index is 631. The number of hydrogen-bond acceptors (Lipinski definition) is 3. The summed E-state index contributed by atoms with van der Waals surface area (Å²) in [6, 6.07) is 6.97. The average molecular weight is 444 g/mol. The van der Waals surface area contributed by atoms with Crippen LogP contribution in [0, 0.1) is 0 Å². The van der Waals surface area contributed by atoms with Crippen LogP contribution in [0.5, 0.6) is 5.75 Å². The fraction of sp³-hybridized carbons (Fsp3) is 0.154. The number of halogens is 5. The van der Waals surface area contributed by atoms with Crippen molar-refractivity contribution in [3.05, 3.63) is 49.0 Å². The van der Waals surface area contributed by atoms with Gasteiger partial charge in [-0.25, -0.2) is 0 Å². The van der Waals surface area contributed by atoms with Crippen LogP contribution in [-0.2, 0) is 6.42 Å². The highest BCUT2D eigenvalue weighted by atomic mass is 79.9. The fourth-order valence-electron chi connectivity index (χ4n) is 1.57. The van der Waals surface area contributed by atoms with Gasteiger partial charge >= 0.3 is 6.36 Å². The molecule has 0 aliphatic heterocycles. The van der Waals surface area contributed by atoms with E-state index in [2.05, 4.69) is 36.6 Å². The molecule has 0 aliphatic rings. The van der Waals surface area contributed by atoms with Crippen LogP contribution in [0.1, 0.15) is 15.2 Å². The van der Waals surface area contributed by atoms with Crippen molar-refractivity contribution in [1.29, 1.82) is 0 Å². The Kier molecular flexibility index (Phi) is 5.11. The first-order valence-electron chi connectivity index (χ1n) is 5.57. The number of carbonyl (C=O) groups is 1. The van der Waals surface area contributed by atoms with E-state index in [-0.39, 0.29) is 18.0 Å². The Balaban J connectivity index is 2.05. The summed E-state index contributed by atoms with van der Waals surface area (Å²) >= 11 is 7.90. The third-order valence-corrected chi connectivity index (χ3v) is 5.74. The number of thiophene rings is 1. The van der Waals surface area contributed by atoms with Gasteiger partial charge in [0.1, 0.15) is 5.75 Å². The molecule has 0 amide bonds. The molecule has 2 nitrogen and oxygen atoms in total. The number of hydrogen-bond donors (Lipinski definition) is 0. The van der Waals surface area contributed by atoms with Gasteiger partial charge in [0, 0.05) is 10.9 Å². The van der Waals surface area contributed by atoms with Crippen LogP contribution in [0.4, 0.5) is 13.2 Å². The zero-order valence-corrected chi connectivity index (χ0v) is 14.2. The molecule has 0 atom stereocenters. The molecular weight excluding hydrogens is 437 g/mol. The monoisotopic (exact) mass is 442 g/mol. The van der Waals surface area contributed by atoms with Crippen molar-refractivity contribution in [1.82, 2.24) is 0 Å². The smallest absolute Gasteiger partial charge is 0.406 e. The second kappa shape index (κ2) is 6.50. The molecule has 0 saturated heterocycles. The summed E-state index contributed by atoms with van der Waals surface area (Å²) in [4.78, 5) is 12.6. The summed E-state index contributed by atoms with van der Waals surface area (Å²) in [5.74, 6) is -0.406. The number of Topliss-reactive ketones (excluding diaryl/α,β-unsaturated/α-hetero) is 1. The molecule has 1 heterocycles. The van der Waals surface area contributed by atoms with Crippen molar-refractivity contribution >= 4 is 49.0 Å². The van der Waals surface area contributed by atoms with E-state index in [0.29, 0.717) is 10.4 Å². The first-order chi connectivity index (χ1) is 9.74. The zero-order chi connectivity index (χ0) is 15.6. The molecule has 0 radical (unpaired) electrons. The van der Waals surface area contributed by atoms with Gasteiger partial charge < -0.3 is 4.74 Å². The largest absolute Gasteiger partial charge is 0.573 e. The highest BCUT2D eigenvalue weighted by Gasteiger charge is 2.30. The normalized spacial score (nSPS) is 11.5. The lowest BCUT2D eigenvalue weighted by Crippen LogP contribution is -2.17. The van der Waals surface area contributed by atoms with Gasteiger partial charge in [0.15, 0.2) is 5.78 Å². The van der Waals surface area contributed by atoms with Crippen molar-refractivity contribution in [2.24, 2.45) is 0 Å². The minimum Gasteiger partial charge on any atom is -0.406 e. The van der Waals surface area contributed by atoms with Crippen molar-refractivity contribution in [3.8, 4) is 5.75 Å². The first-order valence-corrected chi connectivity index (χ1v) is 7.97. The molecule has 8 heteroatoms. The van der Waals surface area contributed by atoms with Crippen LogP contribution >= 0.6 is 43.2 Å². The van der Waals surface area contributed by atoms with Gasteiger partial charge in [0.05, 0.1) is 8.66 Å². The van der Waals surface area contributed by atoms with E-state index in [4.69, 9.17) is 0 Å². The second-order valence-electron chi connectivity index (χ2n) is 4.02. The molecule has 0 unspecified atom stereocenters. The molecule has 0 saturated carbocycles. The second-order valence-corrected chi connectivity index (χ2v) is 7.25. The maximum Gasteiger partial charge on any atom is 0.573 e. The summed E-state index contributed by atoms with van der Waals surface area (Å²) in [6.45, 7) is 0. The van der Waals surface area contributed by atoms with Crippen molar-refractivity contribution < 1.29 is 22.7 Å². The number of carbonyl (C=O) groups excluding carboxylic acids is 1. The van der Waals surface area contributed by atoms with Crippen LogP contribution in [0.3, 0.4) is 0 Å². The fourth-order valence-corrected chi connectivity index (χ4v) is 3.54. The van der Waals surface area contributed by atoms with Crippen LogP contribution in [0.15, 0.2) is 38.6 Å². The molecule has 112 valence electrons. The topological polar surface area (TPSA) is 26.3 Å². The van der Waals surface area contributed by atoms with Crippen molar-refractivity contribution in [3.63, 3.8) is 0 Å². The molecule has 0 N–H and O–H groups in total. The van der Waals surface area contributed by atoms with Gasteiger partial charge in [0.25, 0.3) is 0 Å². The van der Waals surface area contributed by atoms with Crippen LogP contribution < -0.4 is 4.74 Å². The van der Waals surface area contributed by atoms with Gasteiger partial charge in [0.2, 0.25) is 0 Å². The lowest BCUT2D eigenvalue weighted by Gasteiger charge is -2.08. The van der Waals surface area contributed by atoms with Crippen molar-refractivity contribution in [2.75, 3.05) is 0 Å². The van der Waals surface area contributed by atoms with Crippen LogP contribution in [0.25, 0.3) is 0 Å². The minimum atomic E-state index is -4.72. The third kappa shape index (κ3) is 4.82. The SMILES string of the molecule is O=C(Cc1ccc(OC(F)(F)F)cc1)c1cc(Br)c(Br)s1. The highest BCUT2D eigenvalue weighted by Crippen LogP contribution is 2.33. The van der Waals surface area contributed by atoms with Crippen LogP contribution in [0.2, 0.25) is 0 Å².